The summed E-state index contributed by atoms with van der Waals surface area (Å²) in [6.07, 6.45) is -4.83. The average molecular weight is 451 g/mol. The van der Waals surface area contributed by atoms with Crippen LogP contribution in [0.2, 0.25) is 0 Å². The largest absolute Gasteiger partial charge is 0.454 e. The number of nitro groups is 1. The van der Waals surface area contributed by atoms with Crippen LogP contribution < -0.4 is 5.32 Å². The van der Waals surface area contributed by atoms with E-state index >= 15 is 0 Å². The van der Waals surface area contributed by atoms with Crippen molar-refractivity contribution in [2.45, 2.75) is 6.18 Å². The second kappa shape index (κ2) is 8.45. The van der Waals surface area contributed by atoms with E-state index in [1.807, 2.05) is 5.32 Å². The van der Waals surface area contributed by atoms with Gasteiger partial charge in [0.15, 0.2) is 6.61 Å². The Kier molecular flexibility index (Phi) is 5.91. The zero-order chi connectivity index (χ0) is 23.6. The first-order valence-corrected chi connectivity index (χ1v) is 8.75. The predicted octanol–water partition coefficient (Wildman–Crippen LogP) is 2.39. The lowest BCUT2D eigenvalue weighted by Crippen LogP contribution is -2.36. The van der Waals surface area contributed by atoms with Crippen molar-refractivity contribution in [3.8, 4) is 0 Å². The molecule has 0 atom stereocenters. The number of nitro benzene ring substituents is 1. The minimum absolute atomic E-state index is 0.109. The highest BCUT2D eigenvalue weighted by atomic mass is 19.4. The van der Waals surface area contributed by atoms with Crippen LogP contribution in [0.3, 0.4) is 0 Å². The van der Waals surface area contributed by atoms with Crippen molar-refractivity contribution in [3.05, 3.63) is 69.3 Å². The van der Waals surface area contributed by atoms with E-state index < -0.39 is 64.9 Å². The third-order valence-corrected chi connectivity index (χ3v) is 4.33. The fourth-order valence-electron chi connectivity index (χ4n) is 2.85. The zero-order valence-corrected chi connectivity index (χ0v) is 15.8. The number of ether oxygens (including phenoxy) is 1. The molecule has 0 aromatic heterocycles. The van der Waals surface area contributed by atoms with E-state index in [2.05, 4.69) is 4.74 Å². The van der Waals surface area contributed by atoms with Crippen molar-refractivity contribution in [2.75, 3.05) is 18.5 Å². The number of fused-ring (bicyclic) bond motifs is 1. The Morgan fingerprint density at radius 1 is 1.06 bits per heavy atom. The van der Waals surface area contributed by atoms with E-state index in [0.717, 1.165) is 0 Å². The molecule has 0 fully saturated rings. The molecular weight excluding hydrogens is 439 g/mol. The van der Waals surface area contributed by atoms with Crippen LogP contribution in [0.15, 0.2) is 42.5 Å². The molecule has 0 aliphatic carbocycles. The molecule has 10 nitrogen and oxygen atoms in total. The highest BCUT2D eigenvalue weighted by molar-refractivity contribution is 6.22. The van der Waals surface area contributed by atoms with Crippen molar-refractivity contribution in [1.29, 1.82) is 0 Å². The van der Waals surface area contributed by atoms with E-state index in [4.69, 9.17) is 0 Å². The highest BCUT2D eigenvalue weighted by Crippen LogP contribution is 2.35. The first kappa shape index (κ1) is 22.4. The Balaban J connectivity index is 1.60. The number of carbonyl (C=O) groups is 4. The van der Waals surface area contributed by atoms with E-state index in [0.29, 0.717) is 17.0 Å². The van der Waals surface area contributed by atoms with Gasteiger partial charge in [0.25, 0.3) is 23.4 Å². The van der Waals surface area contributed by atoms with Gasteiger partial charge in [-0.25, -0.2) is 0 Å². The van der Waals surface area contributed by atoms with Gasteiger partial charge >= 0.3 is 12.1 Å². The molecule has 3 amide bonds. The van der Waals surface area contributed by atoms with Gasteiger partial charge in [0, 0.05) is 6.07 Å². The third kappa shape index (κ3) is 4.55. The Hall–Kier alpha value is -4.29. The lowest BCUT2D eigenvalue weighted by atomic mass is 10.1. The predicted molar refractivity (Wildman–Crippen MR) is 99.5 cm³/mol. The van der Waals surface area contributed by atoms with E-state index in [9.17, 15) is 42.5 Å². The molecule has 0 bridgehead atoms. The number of esters is 1. The summed E-state index contributed by atoms with van der Waals surface area (Å²) in [6.45, 7) is -1.74. The Morgan fingerprint density at radius 3 is 2.19 bits per heavy atom. The molecule has 0 spiro atoms. The molecule has 1 aliphatic heterocycles. The quantitative estimate of drug-likeness (QED) is 0.308. The maximum atomic E-state index is 12.7. The summed E-state index contributed by atoms with van der Waals surface area (Å²) in [5.41, 5.74) is -2.61. The third-order valence-electron chi connectivity index (χ3n) is 4.33. The maximum Gasteiger partial charge on any atom is 0.416 e. The first-order valence-electron chi connectivity index (χ1n) is 8.75. The number of rotatable bonds is 6. The number of hydrogen-bond acceptors (Lipinski definition) is 7. The summed E-state index contributed by atoms with van der Waals surface area (Å²) in [5, 5.41) is 13.0. The number of hydrogen-bond donors (Lipinski definition) is 1. The summed E-state index contributed by atoms with van der Waals surface area (Å²) >= 11 is 0. The summed E-state index contributed by atoms with van der Waals surface area (Å²) < 4.78 is 42.8. The molecule has 1 aliphatic rings. The first-order chi connectivity index (χ1) is 15.0. The van der Waals surface area contributed by atoms with E-state index in [1.165, 1.54) is 24.3 Å². The molecule has 0 radical (unpaired) electrons. The van der Waals surface area contributed by atoms with Gasteiger partial charge in [-0.3, -0.25) is 34.2 Å². The van der Waals surface area contributed by atoms with Crippen LogP contribution in [0.1, 0.15) is 26.3 Å². The fraction of sp³-hybridized carbons (Fsp3) is 0.158. The molecule has 2 aromatic carbocycles. The lowest BCUT2D eigenvalue weighted by Gasteiger charge is -2.13. The number of alkyl halides is 3. The normalized spacial score (nSPS) is 13.0. The van der Waals surface area contributed by atoms with Gasteiger partial charge in [0.1, 0.15) is 12.2 Å². The van der Waals surface area contributed by atoms with Gasteiger partial charge in [0.05, 0.1) is 21.6 Å². The van der Waals surface area contributed by atoms with Crippen LogP contribution in [-0.4, -0.2) is 46.7 Å². The summed E-state index contributed by atoms with van der Waals surface area (Å²) in [5.74, 6) is -3.63. The van der Waals surface area contributed by atoms with Crippen molar-refractivity contribution in [2.24, 2.45) is 0 Å². The molecule has 0 unspecified atom stereocenters. The second-order valence-electron chi connectivity index (χ2n) is 6.44. The summed E-state index contributed by atoms with van der Waals surface area (Å²) in [6, 6.07) is 7.38. The number of halogens is 3. The standard InChI is InChI=1S/C19H12F3N3O7/c20-19(21,22)10-5-6-13(14(7-10)25(30)31)23-15(26)9-32-16(27)8-24-17(28)11-3-1-2-4-12(11)18(24)29/h1-7H,8-9H2,(H,23,26). The van der Waals surface area contributed by atoms with Crippen molar-refractivity contribution in [1.82, 2.24) is 4.90 Å². The molecule has 2 aromatic rings. The minimum Gasteiger partial charge on any atom is -0.454 e. The molecular formula is C19H12F3N3O7. The zero-order valence-electron chi connectivity index (χ0n) is 15.8. The van der Waals surface area contributed by atoms with Crippen molar-refractivity contribution < 1.29 is 42.0 Å². The van der Waals surface area contributed by atoms with Gasteiger partial charge < -0.3 is 10.1 Å². The topological polar surface area (TPSA) is 136 Å². The Morgan fingerprint density at radius 2 is 1.66 bits per heavy atom. The molecule has 13 heteroatoms. The number of nitrogens with one attached hydrogen (secondary N) is 1. The fourth-order valence-corrected chi connectivity index (χ4v) is 2.85. The Bertz CT molecular complexity index is 1110. The number of anilines is 1. The van der Waals surface area contributed by atoms with Crippen molar-refractivity contribution in [3.63, 3.8) is 0 Å². The maximum absolute atomic E-state index is 12.7. The SMILES string of the molecule is O=C(COC(=O)CN1C(=O)c2ccccc2C1=O)Nc1ccc(C(F)(F)F)cc1[N+](=O)[O-]. The Labute approximate surface area is 176 Å². The summed E-state index contributed by atoms with van der Waals surface area (Å²) in [4.78, 5) is 58.8. The molecule has 1 N–H and O–H groups in total. The van der Waals surface area contributed by atoms with E-state index in [1.54, 1.807) is 0 Å². The number of amides is 3. The molecule has 32 heavy (non-hydrogen) atoms. The number of nitrogens with zero attached hydrogens (tertiary/aromatic N) is 2. The van der Waals surface area contributed by atoms with Crippen LogP contribution in [0.5, 0.6) is 0 Å². The molecule has 1 heterocycles. The number of imide groups is 1. The smallest absolute Gasteiger partial charge is 0.416 e. The van der Waals surface area contributed by atoms with Crippen LogP contribution in [0.4, 0.5) is 24.5 Å². The van der Waals surface area contributed by atoms with Gasteiger partial charge in [-0.05, 0) is 24.3 Å². The van der Waals surface area contributed by atoms with E-state index in [-0.39, 0.29) is 17.2 Å². The number of carbonyl (C=O) groups excluding carboxylic acids is 4. The van der Waals surface area contributed by atoms with Crippen molar-refractivity contribution >= 4 is 35.1 Å². The highest BCUT2D eigenvalue weighted by Gasteiger charge is 2.37. The molecule has 0 saturated heterocycles. The summed E-state index contributed by atoms with van der Waals surface area (Å²) in [7, 11) is 0. The second-order valence-corrected chi connectivity index (χ2v) is 6.44. The van der Waals surface area contributed by atoms with Crippen LogP contribution in [0, 0.1) is 10.1 Å². The van der Waals surface area contributed by atoms with Crippen LogP contribution in [-0.2, 0) is 20.5 Å². The van der Waals surface area contributed by atoms with Gasteiger partial charge in [-0.1, -0.05) is 12.1 Å². The van der Waals surface area contributed by atoms with Gasteiger partial charge in [0.2, 0.25) is 0 Å². The lowest BCUT2D eigenvalue weighted by molar-refractivity contribution is -0.384. The van der Waals surface area contributed by atoms with Gasteiger partial charge in [-0.2, -0.15) is 13.2 Å². The molecule has 166 valence electrons. The monoisotopic (exact) mass is 451 g/mol. The average Bonchev–Trinajstić information content (AvgIpc) is 2.96. The molecule has 0 saturated carbocycles. The molecule has 3 rings (SSSR count). The minimum atomic E-state index is -4.83. The number of benzene rings is 2. The van der Waals surface area contributed by atoms with Gasteiger partial charge in [-0.15, -0.1) is 0 Å². The van der Waals surface area contributed by atoms with Crippen LogP contribution >= 0.6 is 0 Å². The van der Waals surface area contributed by atoms with Crippen LogP contribution in [0.25, 0.3) is 0 Å².